The summed E-state index contributed by atoms with van der Waals surface area (Å²) in [6, 6.07) is 6.15. The van der Waals surface area contributed by atoms with Crippen LogP contribution in [0.15, 0.2) is 18.2 Å². The summed E-state index contributed by atoms with van der Waals surface area (Å²) in [6.07, 6.45) is 0. The van der Waals surface area contributed by atoms with Crippen LogP contribution in [0.5, 0.6) is 5.75 Å². The predicted molar refractivity (Wildman–Crippen MR) is 78.4 cm³/mol. The monoisotopic (exact) mass is 259 g/mol. The van der Waals surface area contributed by atoms with E-state index in [2.05, 4.69) is 37.0 Å². The van der Waals surface area contributed by atoms with Crippen LogP contribution in [-0.4, -0.2) is 17.3 Å². The Morgan fingerprint density at radius 1 is 1.26 bits per heavy atom. The van der Waals surface area contributed by atoms with Gasteiger partial charge < -0.3 is 10.5 Å². The summed E-state index contributed by atoms with van der Waals surface area (Å²) in [4.78, 5) is 0. The van der Waals surface area contributed by atoms with Crippen LogP contribution in [0.4, 0.5) is 5.82 Å². The largest absolute Gasteiger partial charge is 0.496 e. The number of aromatic amines is 1. The minimum Gasteiger partial charge on any atom is -0.496 e. The number of nitrogens with one attached hydrogen (secondary N) is 1. The molecule has 0 aliphatic rings. The van der Waals surface area contributed by atoms with E-state index in [-0.39, 0.29) is 5.41 Å². The molecule has 0 unspecified atom stereocenters. The maximum Gasteiger partial charge on any atom is 0.148 e. The van der Waals surface area contributed by atoms with Gasteiger partial charge in [0.05, 0.1) is 12.8 Å². The number of nitrogens with two attached hydrogens (primary N) is 1. The van der Waals surface area contributed by atoms with E-state index in [1.54, 1.807) is 7.11 Å². The van der Waals surface area contributed by atoms with Gasteiger partial charge in [-0.15, -0.1) is 0 Å². The minimum absolute atomic E-state index is 0.0147. The highest BCUT2D eigenvalue weighted by atomic mass is 16.5. The second kappa shape index (κ2) is 4.61. The first-order valence-corrected chi connectivity index (χ1v) is 6.34. The highest BCUT2D eigenvalue weighted by Crippen LogP contribution is 2.35. The van der Waals surface area contributed by atoms with Gasteiger partial charge in [0.15, 0.2) is 0 Å². The quantitative estimate of drug-likeness (QED) is 0.870. The molecule has 2 rings (SSSR count). The zero-order valence-corrected chi connectivity index (χ0v) is 12.2. The van der Waals surface area contributed by atoms with Gasteiger partial charge >= 0.3 is 0 Å². The lowest BCUT2D eigenvalue weighted by atomic mass is 9.85. The molecular formula is C15H21N3O. The second-order valence-electron chi connectivity index (χ2n) is 5.77. The molecule has 0 fully saturated rings. The smallest absolute Gasteiger partial charge is 0.148 e. The summed E-state index contributed by atoms with van der Waals surface area (Å²) < 4.78 is 5.45. The first kappa shape index (κ1) is 13.5. The number of aromatic nitrogens is 2. The Balaban J connectivity index is 2.58. The maximum absolute atomic E-state index is 5.79. The Morgan fingerprint density at radius 2 is 1.95 bits per heavy atom. The van der Waals surface area contributed by atoms with E-state index in [4.69, 9.17) is 10.5 Å². The average Bonchev–Trinajstić information content (AvgIpc) is 2.68. The molecule has 0 amide bonds. The Hall–Kier alpha value is -1.97. The fraction of sp³-hybridized carbons (Fsp3) is 0.400. The molecule has 1 heterocycles. The number of nitrogens with zero attached hydrogens (tertiary/aromatic N) is 1. The topological polar surface area (TPSA) is 63.9 Å². The standard InChI is InChI=1S/C15H21N3O/c1-9-13(17-18-14(9)16)10-6-7-12(19-5)11(8-10)15(2,3)4/h6-8H,1-5H3,(H3,16,17,18). The Bertz CT molecular complexity index is 594. The van der Waals surface area contributed by atoms with Crippen molar-refractivity contribution in [1.29, 1.82) is 0 Å². The molecule has 0 aliphatic carbocycles. The third-order valence-electron chi connectivity index (χ3n) is 3.34. The molecular weight excluding hydrogens is 238 g/mol. The van der Waals surface area contributed by atoms with Gasteiger partial charge in [-0.25, -0.2) is 0 Å². The molecule has 1 aromatic carbocycles. The number of ether oxygens (including phenoxy) is 1. The number of H-pyrrole nitrogens is 1. The highest BCUT2D eigenvalue weighted by molar-refractivity contribution is 5.69. The normalized spacial score (nSPS) is 11.6. The van der Waals surface area contributed by atoms with E-state index < -0.39 is 0 Å². The minimum atomic E-state index is 0.0147. The highest BCUT2D eigenvalue weighted by Gasteiger charge is 2.20. The van der Waals surface area contributed by atoms with Gasteiger partial charge in [-0.2, -0.15) is 5.10 Å². The van der Waals surface area contributed by atoms with Gasteiger partial charge in [-0.05, 0) is 30.5 Å². The van der Waals surface area contributed by atoms with Crippen LogP contribution >= 0.6 is 0 Å². The third kappa shape index (κ3) is 2.43. The lowest BCUT2D eigenvalue weighted by Crippen LogP contribution is -2.13. The van der Waals surface area contributed by atoms with E-state index in [0.717, 1.165) is 22.6 Å². The van der Waals surface area contributed by atoms with Crippen molar-refractivity contribution in [2.75, 3.05) is 12.8 Å². The molecule has 19 heavy (non-hydrogen) atoms. The molecule has 3 N–H and O–H groups in total. The number of rotatable bonds is 2. The van der Waals surface area contributed by atoms with Crippen molar-refractivity contribution in [2.45, 2.75) is 33.1 Å². The number of hydrogen-bond donors (Lipinski definition) is 2. The molecule has 4 heteroatoms. The van der Waals surface area contributed by atoms with Crippen molar-refractivity contribution in [1.82, 2.24) is 10.2 Å². The Kier molecular flexibility index (Phi) is 3.27. The molecule has 0 saturated heterocycles. The van der Waals surface area contributed by atoms with Gasteiger partial charge in [-0.1, -0.05) is 20.8 Å². The van der Waals surface area contributed by atoms with Crippen molar-refractivity contribution < 1.29 is 4.74 Å². The number of hydrogen-bond acceptors (Lipinski definition) is 3. The SMILES string of the molecule is COc1ccc(-c2[nH]nc(N)c2C)cc1C(C)(C)C. The molecule has 102 valence electrons. The van der Waals surface area contributed by atoms with Crippen LogP contribution in [-0.2, 0) is 5.41 Å². The number of anilines is 1. The van der Waals surface area contributed by atoms with Gasteiger partial charge in [0.1, 0.15) is 11.6 Å². The van der Waals surface area contributed by atoms with Crippen molar-refractivity contribution in [3.05, 3.63) is 29.3 Å². The fourth-order valence-corrected chi connectivity index (χ4v) is 2.14. The first-order valence-electron chi connectivity index (χ1n) is 6.34. The zero-order chi connectivity index (χ0) is 14.2. The molecule has 0 saturated carbocycles. The number of methoxy groups -OCH3 is 1. The van der Waals surface area contributed by atoms with Gasteiger partial charge in [-0.3, -0.25) is 5.10 Å². The van der Waals surface area contributed by atoms with Crippen LogP contribution in [0.25, 0.3) is 11.3 Å². The van der Waals surface area contributed by atoms with E-state index >= 15 is 0 Å². The summed E-state index contributed by atoms with van der Waals surface area (Å²) in [5.74, 6) is 1.45. The van der Waals surface area contributed by atoms with Crippen LogP contribution in [0.1, 0.15) is 31.9 Å². The van der Waals surface area contributed by atoms with E-state index in [1.807, 2.05) is 19.1 Å². The molecule has 2 aromatic rings. The molecule has 1 aromatic heterocycles. The number of benzene rings is 1. The van der Waals surface area contributed by atoms with Crippen LogP contribution in [0.2, 0.25) is 0 Å². The Labute approximate surface area is 114 Å². The van der Waals surface area contributed by atoms with Crippen molar-refractivity contribution in [3.8, 4) is 17.0 Å². The molecule has 0 radical (unpaired) electrons. The Morgan fingerprint density at radius 3 is 2.42 bits per heavy atom. The van der Waals surface area contributed by atoms with E-state index in [9.17, 15) is 0 Å². The second-order valence-corrected chi connectivity index (χ2v) is 5.77. The van der Waals surface area contributed by atoms with Crippen LogP contribution < -0.4 is 10.5 Å². The molecule has 0 bridgehead atoms. The molecule has 4 nitrogen and oxygen atoms in total. The zero-order valence-electron chi connectivity index (χ0n) is 12.2. The summed E-state index contributed by atoms with van der Waals surface area (Å²) in [7, 11) is 1.70. The molecule has 0 aliphatic heterocycles. The average molecular weight is 259 g/mol. The van der Waals surface area contributed by atoms with Crippen molar-refractivity contribution in [3.63, 3.8) is 0 Å². The number of nitrogen functional groups attached to an aromatic ring is 1. The van der Waals surface area contributed by atoms with Gasteiger partial charge in [0.25, 0.3) is 0 Å². The van der Waals surface area contributed by atoms with Crippen molar-refractivity contribution >= 4 is 5.82 Å². The maximum atomic E-state index is 5.79. The van der Waals surface area contributed by atoms with Crippen LogP contribution in [0.3, 0.4) is 0 Å². The van der Waals surface area contributed by atoms with E-state index in [0.29, 0.717) is 5.82 Å². The van der Waals surface area contributed by atoms with E-state index in [1.165, 1.54) is 5.56 Å². The summed E-state index contributed by atoms with van der Waals surface area (Å²) >= 11 is 0. The first-order chi connectivity index (χ1) is 8.84. The van der Waals surface area contributed by atoms with Crippen molar-refractivity contribution in [2.24, 2.45) is 0 Å². The summed E-state index contributed by atoms with van der Waals surface area (Å²) in [5.41, 5.74) is 9.99. The summed E-state index contributed by atoms with van der Waals surface area (Å²) in [5, 5.41) is 7.04. The lowest BCUT2D eigenvalue weighted by Gasteiger charge is -2.22. The molecule has 0 spiro atoms. The predicted octanol–water partition coefficient (Wildman–Crippen LogP) is 3.27. The van der Waals surface area contributed by atoms with Crippen LogP contribution in [0, 0.1) is 6.92 Å². The lowest BCUT2D eigenvalue weighted by molar-refractivity contribution is 0.397. The molecule has 0 atom stereocenters. The van der Waals surface area contributed by atoms with Gasteiger partial charge in [0, 0.05) is 16.7 Å². The fourth-order valence-electron chi connectivity index (χ4n) is 2.14. The summed E-state index contributed by atoms with van der Waals surface area (Å²) in [6.45, 7) is 8.48. The van der Waals surface area contributed by atoms with Gasteiger partial charge in [0.2, 0.25) is 0 Å². The third-order valence-corrected chi connectivity index (χ3v) is 3.34.